The Kier molecular flexibility index (Phi) is 5.34. The van der Waals surface area contributed by atoms with E-state index in [0.29, 0.717) is 12.4 Å². The fraction of sp³-hybridized carbons (Fsp3) is 0.692. The number of ether oxygens (including phenoxy) is 1. The summed E-state index contributed by atoms with van der Waals surface area (Å²) in [6, 6.07) is 0. The topological polar surface area (TPSA) is 64.3 Å². The Labute approximate surface area is 109 Å². The highest BCUT2D eigenvalue weighted by Crippen LogP contribution is 2.20. The lowest BCUT2D eigenvalue weighted by Crippen LogP contribution is -2.26. The normalized spacial score (nSPS) is 11.0. The van der Waals surface area contributed by atoms with Crippen LogP contribution >= 0.6 is 0 Å². The van der Waals surface area contributed by atoms with Gasteiger partial charge < -0.3 is 15.4 Å². The van der Waals surface area contributed by atoms with Crippen molar-refractivity contribution in [3.63, 3.8) is 0 Å². The Balaban J connectivity index is 2.77. The van der Waals surface area contributed by atoms with Crippen LogP contribution in [0.3, 0.4) is 0 Å². The highest BCUT2D eigenvalue weighted by molar-refractivity contribution is 5.56. The van der Waals surface area contributed by atoms with Gasteiger partial charge in [-0.2, -0.15) is 0 Å². The third-order valence-electron chi connectivity index (χ3n) is 2.76. The third kappa shape index (κ3) is 3.84. The van der Waals surface area contributed by atoms with E-state index < -0.39 is 0 Å². The second-order valence-electron chi connectivity index (χ2n) is 4.67. The Morgan fingerprint density at radius 1 is 1.33 bits per heavy atom. The van der Waals surface area contributed by atoms with Gasteiger partial charge in [0.1, 0.15) is 17.5 Å². The first kappa shape index (κ1) is 14.7. The van der Waals surface area contributed by atoms with Crippen LogP contribution < -0.4 is 10.6 Å². The van der Waals surface area contributed by atoms with Crippen molar-refractivity contribution in [2.45, 2.75) is 40.2 Å². The lowest BCUT2D eigenvalue weighted by molar-refractivity contribution is 0.0845. The van der Waals surface area contributed by atoms with E-state index in [0.717, 1.165) is 30.2 Å². The molecule has 0 radical (unpaired) electrons. The summed E-state index contributed by atoms with van der Waals surface area (Å²) in [4.78, 5) is 10.8. The van der Waals surface area contributed by atoms with Gasteiger partial charge in [0.15, 0.2) is 0 Å². The highest BCUT2D eigenvalue weighted by atomic mass is 16.5. The number of likely N-dealkylation sites (N-methyl/N-ethyl adjacent to an activating group) is 1. The minimum atomic E-state index is 0.251. The van der Waals surface area contributed by atoms with E-state index in [1.54, 1.807) is 0 Å². The second kappa shape index (κ2) is 6.54. The van der Waals surface area contributed by atoms with Crippen LogP contribution in [0.15, 0.2) is 0 Å². The molecule has 0 aromatic carbocycles. The van der Waals surface area contributed by atoms with Gasteiger partial charge >= 0.3 is 0 Å². The maximum atomic E-state index is 5.90. The number of hydrogen-bond donors (Lipinski definition) is 1. The zero-order valence-electron chi connectivity index (χ0n) is 12.0. The van der Waals surface area contributed by atoms with E-state index >= 15 is 0 Å². The summed E-state index contributed by atoms with van der Waals surface area (Å²) in [7, 11) is 2.00. The van der Waals surface area contributed by atoms with Crippen molar-refractivity contribution >= 4 is 11.6 Å². The van der Waals surface area contributed by atoms with Crippen molar-refractivity contribution in [2.24, 2.45) is 0 Å². The average Bonchev–Trinajstić information content (AvgIpc) is 2.31. The van der Waals surface area contributed by atoms with Gasteiger partial charge in [0, 0.05) is 25.6 Å². The van der Waals surface area contributed by atoms with Crippen molar-refractivity contribution in [1.82, 2.24) is 9.97 Å². The summed E-state index contributed by atoms with van der Waals surface area (Å²) in [5.41, 5.74) is 6.83. The van der Waals surface area contributed by atoms with E-state index in [4.69, 9.17) is 10.5 Å². The summed E-state index contributed by atoms with van der Waals surface area (Å²) in [6.07, 6.45) is 1.04. The predicted molar refractivity (Wildman–Crippen MR) is 74.9 cm³/mol. The van der Waals surface area contributed by atoms with Crippen LogP contribution in [-0.4, -0.2) is 36.3 Å². The number of nitrogens with two attached hydrogens (primary N) is 1. The van der Waals surface area contributed by atoms with Crippen LogP contribution in [-0.2, 0) is 11.2 Å². The molecule has 0 atom stereocenters. The SMILES string of the molecule is CCc1nc(N)c(C)c(N(C)CCOC(C)C)n1. The molecule has 102 valence electrons. The molecule has 1 heterocycles. The van der Waals surface area contributed by atoms with Gasteiger partial charge in [-0.25, -0.2) is 9.97 Å². The van der Waals surface area contributed by atoms with Crippen LogP contribution in [0.2, 0.25) is 0 Å². The van der Waals surface area contributed by atoms with Crippen molar-refractivity contribution < 1.29 is 4.74 Å². The lowest BCUT2D eigenvalue weighted by atomic mass is 10.3. The first-order valence-corrected chi connectivity index (χ1v) is 6.41. The molecule has 0 amide bonds. The van der Waals surface area contributed by atoms with E-state index in [-0.39, 0.29) is 6.10 Å². The van der Waals surface area contributed by atoms with Gasteiger partial charge in [-0.1, -0.05) is 6.92 Å². The minimum Gasteiger partial charge on any atom is -0.383 e. The van der Waals surface area contributed by atoms with Crippen LogP contribution in [0, 0.1) is 6.92 Å². The van der Waals surface area contributed by atoms with Crippen molar-refractivity contribution in [2.75, 3.05) is 30.8 Å². The molecule has 5 nitrogen and oxygen atoms in total. The number of rotatable bonds is 6. The molecule has 1 aromatic rings. The largest absolute Gasteiger partial charge is 0.383 e. The van der Waals surface area contributed by atoms with E-state index in [1.165, 1.54) is 0 Å². The Morgan fingerprint density at radius 3 is 2.56 bits per heavy atom. The van der Waals surface area contributed by atoms with E-state index in [1.807, 2.05) is 34.7 Å². The average molecular weight is 252 g/mol. The van der Waals surface area contributed by atoms with Gasteiger partial charge in [0.2, 0.25) is 0 Å². The molecular weight excluding hydrogens is 228 g/mol. The van der Waals surface area contributed by atoms with Crippen molar-refractivity contribution in [1.29, 1.82) is 0 Å². The van der Waals surface area contributed by atoms with Crippen LogP contribution in [0.5, 0.6) is 0 Å². The molecule has 0 saturated heterocycles. The van der Waals surface area contributed by atoms with Crippen LogP contribution in [0.1, 0.15) is 32.2 Å². The summed E-state index contributed by atoms with van der Waals surface area (Å²) in [6.45, 7) is 9.50. The molecule has 2 N–H and O–H groups in total. The molecular formula is C13H24N4O. The molecule has 18 heavy (non-hydrogen) atoms. The van der Waals surface area contributed by atoms with Crippen LogP contribution in [0.25, 0.3) is 0 Å². The number of hydrogen-bond acceptors (Lipinski definition) is 5. The fourth-order valence-corrected chi connectivity index (χ4v) is 1.63. The maximum absolute atomic E-state index is 5.90. The van der Waals surface area contributed by atoms with Crippen molar-refractivity contribution in [3.8, 4) is 0 Å². The molecule has 1 aromatic heterocycles. The van der Waals surface area contributed by atoms with Crippen LogP contribution in [0.4, 0.5) is 11.6 Å². The third-order valence-corrected chi connectivity index (χ3v) is 2.76. The Morgan fingerprint density at radius 2 is 2.00 bits per heavy atom. The quantitative estimate of drug-likeness (QED) is 0.836. The Bertz CT molecular complexity index is 393. The molecule has 0 aliphatic rings. The molecule has 0 saturated carbocycles. The van der Waals surface area contributed by atoms with Gasteiger partial charge in [-0.15, -0.1) is 0 Å². The molecule has 0 aliphatic heterocycles. The summed E-state index contributed by atoms with van der Waals surface area (Å²) in [5.74, 6) is 2.24. The van der Waals surface area contributed by atoms with E-state index in [9.17, 15) is 0 Å². The molecule has 1 rings (SSSR count). The zero-order valence-corrected chi connectivity index (χ0v) is 12.0. The van der Waals surface area contributed by atoms with Gasteiger partial charge in [-0.3, -0.25) is 0 Å². The maximum Gasteiger partial charge on any atom is 0.137 e. The Hall–Kier alpha value is -1.36. The number of aromatic nitrogens is 2. The monoisotopic (exact) mass is 252 g/mol. The number of aryl methyl sites for hydroxylation is 1. The van der Waals surface area contributed by atoms with Gasteiger partial charge in [0.05, 0.1) is 12.7 Å². The molecule has 0 aliphatic carbocycles. The second-order valence-corrected chi connectivity index (χ2v) is 4.67. The summed E-state index contributed by atoms with van der Waals surface area (Å²) >= 11 is 0. The molecule has 0 spiro atoms. The van der Waals surface area contributed by atoms with Gasteiger partial charge in [-0.05, 0) is 20.8 Å². The number of nitrogen functional groups attached to an aromatic ring is 1. The predicted octanol–water partition coefficient (Wildman–Crippen LogP) is 1.79. The molecule has 0 bridgehead atoms. The van der Waals surface area contributed by atoms with E-state index in [2.05, 4.69) is 14.9 Å². The number of nitrogens with zero attached hydrogens (tertiary/aromatic N) is 3. The smallest absolute Gasteiger partial charge is 0.137 e. The minimum absolute atomic E-state index is 0.251. The van der Waals surface area contributed by atoms with Gasteiger partial charge in [0.25, 0.3) is 0 Å². The first-order valence-electron chi connectivity index (χ1n) is 6.41. The fourth-order valence-electron chi connectivity index (χ4n) is 1.63. The van der Waals surface area contributed by atoms with Crippen molar-refractivity contribution in [3.05, 3.63) is 11.4 Å². The highest BCUT2D eigenvalue weighted by Gasteiger charge is 2.11. The summed E-state index contributed by atoms with van der Waals surface area (Å²) < 4.78 is 5.54. The first-order chi connectivity index (χ1) is 8.45. The number of anilines is 2. The molecule has 5 heteroatoms. The standard InChI is InChI=1S/C13H24N4O/c1-6-11-15-12(14)10(4)13(16-11)17(5)7-8-18-9(2)3/h9H,6-8H2,1-5H3,(H2,14,15,16). The molecule has 0 unspecified atom stereocenters. The summed E-state index contributed by atoms with van der Waals surface area (Å²) in [5, 5.41) is 0. The lowest BCUT2D eigenvalue weighted by Gasteiger charge is -2.21. The molecule has 0 fully saturated rings. The zero-order chi connectivity index (χ0) is 13.7.